The van der Waals surface area contributed by atoms with Gasteiger partial charge in [-0.1, -0.05) is 18.2 Å². The summed E-state index contributed by atoms with van der Waals surface area (Å²) in [6.07, 6.45) is 8.53. The fourth-order valence-corrected chi connectivity index (χ4v) is 6.11. The van der Waals surface area contributed by atoms with E-state index >= 15 is 0 Å². The summed E-state index contributed by atoms with van der Waals surface area (Å²) < 4.78 is 0. The molecule has 1 aromatic carbocycles. The molecule has 3 nitrogen and oxygen atoms in total. The molecule has 130 valence electrons. The van der Waals surface area contributed by atoms with E-state index in [1.54, 1.807) is 0 Å². The Morgan fingerprint density at radius 2 is 1.54 bits per heavy atom. The highest BCUT2D eigenvalue weighted by Crippen LogP contribution is 2.61. The molecule has 3 heteroatoms. The second-order valence-electron chi connectivity index (χ2n) is 8.75. The third-order valence-electron chi connectivity index (χ3n) is 6.94. The van der Waals surface area contributed by atoms with Gasteiger partial charge in [0.15, 0.2) is 0 Å². The summed E-state index contributed by atoms with van der Waals surface area (Å²) in [5.74, 6) is 2.93. The molecule has 5 rings (SSSR count). The molecule has 1 aromatic rings. The van der Waals surface area contributed by atoms with Crippen LogP contribution in [-0.4, -0.2) is 18.0 Å². The van der Waals surface area contributed by atoms with E-state index in [0.717, 1.165) is 23.4 Å². The Morgan fingerprint density at radius 1 is 1.00 bits per heavy atom. The van der Waals surface area contributed by atoms with E-state index < -0.39 is 0 Å². The van der Waals surface area contributed by atoms with E-state index in [1.807, 2.05) is 37.3 Å². The van der Waals surface area contributed by atoms with Crippen LogP contribution < -0.4 is 10.6 Å². The summed E-state index contributed by atoms with van der Waals surface area (Å²) in [6.45, 7) is 4.31. The number of anilines is 1. The zero-order valence-corrected chi connectivity index (χ0v) is 14.9. The van der Waals surface area contributed by atoms with Crippen LogP contribution in [0.25, 0.3) is 0 Å². The van der Waals surface area contributed by atoms with Gasteiger partial charge in [0.05, 0.1) is 6.04 Å². The topological polar surface area (TPSA) is 41.1 Å². The predicted octanol–water partition coefficient (Wildman–Crippen LogP) is 4.21. The zero-order chi connectivity index (χ0) is 16.7. The van der Waals surface area contributed by atoms with Gasteiger partial charge in [0.2, 0.25) is 5.91 Å². The maximum absolute atomic E-state index is 12.5. The van der Waals surface area contributed by atoms with E-state index in [-0.39, 0.29) is 11.9 Å². The molecule has 2 N–H and O–H groups in total. The third-order valence-corrected chi connectivity index (χ3v) is 6.94. The van der Waals surface area contributed by atoms with Gasteiger partial charge in [-0.2, -0.15) is 0 Å². The second-order valence-corrected chi connectivity index (χ2v) is 8.75. The lowest BCUT2D eigenvalue weighted by molar-refractivity contribution is -0.119. The van der Waals surface area contributed by atoms with Crippen LogP contribution >= 0.6 is 0 Å². The highest BCUT2D eigenvalue weighted by molar-refractivity contribution is 5.94. The SMILES string of the molecule is C[C@H](N[C@@H](C)C12CC3CC(CC(C3)C1)C2)C(=O)Nc1ccccc1. The van der Waals surface area contributed by atoms with E-state index in [0.29, 0.717) is 11.5 Å². The molecule has 4 aliphatic carbocycles. The van der Waals surface area contributed by atoms with Crippen LogP contribution in [0, 0.1) is 23.2 Å². The first-order chi connectivity index (χ1) is 11.5. The van der Waals surface area contributed by atoms with E-state index in [4.69, 9.17) is 0 Å². The molecule has 0 saturated heterocycles. The normalized spacial score (nSPS) is 36.3. The molecular formula is C21H30N2O. The fourth-order valence-electron chi connectivity index (χ4n) is 6.11. The van der Waals surface area contributed by atoms with Gasteiger partial charge in [-0.25, -0.2) is 0 Å². The number of benzene rings is 1. The summed E-state index contributed by atoms with van der Waals surface area (Å²) in [6, 6.07) is 10.0. The van der Waals surface area contributed by atoms with Gasteiger partial charge in [-0.15, -0.1) is 0 Å². The van der Waals surface area contributed by atoms with Crippen molar-refractivity contribution in [1.29, 1.82) is 0 Å². The van der Waals surface area contributed by atoms with Crippen LogP contribution in [0.15, 0.2) is 30.3 Å². The monoisotopic (exact) mass is 326 g/mol. The highest BCUT2D eigenvalue weighted by Gasteiger charge is 2.53. The molecule has 24 heavy (non-hydrogen) atoms. The van der Waals surface area contributed by atoms with E-state index in [1.165, 1.54) is 38.5 Å². The average Bonchev–Trinajstić information content (AvgIpc) is 2.54. The van der Waals surface area contributed by atoms with E-state index in [9.17, 15) is 4.79 Å². The molecule has 4 bridgehead atoms. The smallest absolute Gasteiger partial charge is 0.241 e. The second kappa shape index (κ2) is 6.18. The summed E-state index contributed by atoms with van der Waals surface area (Å²) in [5, 5.41) is 6.66. The van der Waals surface area contributed by atoms with Crippen molar-refractivity contribution in [3.05, 3.63) is 30.3 Å². The van der Waals surface area contributed by atoms with Crippen LogP contribution in [0.5, 0.6) is 0 Å². The number of hydrogen-bond acceptors (Lipinski definition) is 2. The molecule has 0 radical (unpaired) electrons. The molecule has 4 aliphatic rings. The average molecular weight is 326 g/mol. The molecule has 0 aromatic heterocycles. The van der Waals surface area contributed by atoms with Gasteiger partial charge >= 0.3 is 0 Å². The molecule has 4 fully saturated rings. The Bertz CT molecular complexity index is 562. The number of carbonyl (C=O) groups is 1. The van der Waals surface area contributed by atoms with Gasteiger partial charge in [0.25, 0.3) is 0 Å². The van der Waals surface area contributed by atoms with Crippen LogP contribution in [0.2, 0.25) is 0 Å². The Morgan fingerprint density at radius 3 is 2.08 bits per heavy atom. The molecule has 4 saturated carbocycles. The van der Waals surface area contributed by atoms with Crippen molar-refractivity contribution in [3.63, 3.8) is 0 Å². The molecule has 2 atom stereocenters. The highest BCUT2D eigenvalue weighted by atomic mass is 16.2. The zero-order valence-electron chi connectivity index (χ0n) is 14.9. The first-order valence-corrected chi connectivity index (χ1v) is 9.66. The van der Waals surface area contributed by atoms with Gasteiger partial charge < -0.3 is 10.6 Å². The van der Waals surface area contributed by atoms with Crippen molar-refractivity contribution < 1.29 is 4.79 Å². The predicted molar refractivity (Wildman–Crippen MR) is 97.7 cm³/mol. The third kappa shape index (κ3) is 2.99. The van der Waals surface area contributed by atoms with Crippen molar-refractivity contribution in [2.45, 2.75) is 64.5 Å². The van der Waals surface area contributed by atoms with Crippen LogP contribution in [0.4, 0.5) is 5.69 Å². The van der Waals surface area contributed by atoms with Crippen molar-refractivity contribution in [3.8, 4) is 0 Å². The minimum atomic E-state index is -0.159. The van der Waals surface area contributed by atoms with Crippen molar-refractivity contribution in [2.75, 3.05) is 5.32 Å². The summed E-state index contributed by atoms with van der Waals surface area (Å²) in [7, 11) is 0. The Balaban J connectivity index is 1.38. The number of nitrogens with one attached hydrogen (secondary N) is 2. The number of amides is 1. The molecule has 0 heterocycles. The quantitative estimate of drug-likeness (QED) is 0.851. The number of rotatable bonds is 5. The minimum Gasteiger partial charge on any atom is -0.325 e. The van der Waals surface area contributed by atoms with Crippen LogP contribution in [0.3, 0.4) is 0 Å². The molecule has 0 spiro atoms. The number of hydrogen-bond donors (Lipinski definition) is 2. The standard InChI is InChI=1S/C21H30N2O/c1-14(20(24)23-19-6-4-3-5-7-19)22-15(2)21-11-16-8-17(12-21)10-18(9-16)13-21/h3-7,14-18,22H,8-13H2,1-2H3,(H,23,24)/t14-,15-,16?,17?,18?,21?/m0/s1. The fraction of sp³-hybridized carbons (Fsp3) is 0.667. The Kier molecular flexibility index (Phi) is 4.16. The molecular weight excluding hydrogens is 296 g/mol. The number of carbonyl (C=O) groups excluding carboxylic acids is 1. The maximum atomic E-state index is 12.5. The van der Waals surface area contributed by atoms with Crippen LogP contribution in [0.1, 0.15) is 52.4 Å². The van der Waals surface area contributed by atoms with E-state index in [2.05, 4.69) is 17.6 Å². The lowest BCUT2D eigenvalue weighted by Crippen LogP contribution is -2.57. The lowest BCUT2D eigenvalue weighted by Gasteiger charge is -2.59. The first-order valence-electron chi connectivity index (χ1n) is 9.66. The maximum Gasteiger partial charge on any atom is 0.241 e. The summed E-state index contributed by atoms with van der Waals surface area (Å²) in [5.41, 5.74) is 1.31. The molecule has 1 amide bonds. The lowest BCUT2D eigenvalue weighted by atomic mass is 9.48. The van der Waals surface area contributed by atoms with Gasteiger partial charge in [-0.05, 0) is 87.7 Å². The van der Waals surface area contributed by atoms with Crippen molar-refractivity contribution in [1.82, 2.24) is 5.32 Å². The minimum absolute atomic E-state index is 0.0674. The molecule has 0 aliphatic heterocycles. The van der Waals surface area contributed by atoms with Gasteiger partial charge in [-0.3, -0.25) is 4.79 Å². The molecule has 0 unspecified atom stereocenters. The number of para-hydroxylation sites is 1. The Hall–Kier alpha value is -1.35. The summed E-state index contributed by atoms with van der Waals surface area (Å²) >= 11 is 0. The van der Waals surface area contributed by atoms with Gasteiger partial charge in [0, 0.05) is 11.7 Å². The largest absolute Gasteiger partial charge is 0.325 e. The summed E-state index contributed by atoms with van der Waals surface area (Å²) in [4.78, 5) is 12.5. The Labute approximate surface area is 145 Å². The van der Waals surface area contributed by atoms with Crippen molar-refractivity contribution >= 4 is 11.6 Å². The van der Waals surface area contributed by atoms with Crippen molar-refractivity contribution in [2.24, 2.45) is 23.2 Å². The van der Waals surface area contributed by atoms with Gasteiger partial charge in [0.1, 0.15) is 0 Å². The first kappa shape index (κ1) is 16.1. The van der Waals surface area contributed by atoms with Crippen LogP contribution in [-0.2, 0) is 4.79 Å².